The molecule has 0 N–H and O–H groups in total. The Morgan fingerprint density at radius 1 is 0.821 bits per heavy atom. The molecule has 6 rings (SSSR count). The van der Waals surface area contributed by atoms with Crippen molar-refractivity contribution < 1.29 is 20.1 Å². The molecule has 2 heteroatoms. The summed E-state index contributed by atoms with van der Waals surface area (Å²) in [6, 6.07) is 10.6. The molecular weight excluding hydrogens is 519 g/mol. The third-order valence-electron chi connectivity index (χ3n) is 9.27. The van der Waals surface area contributed by atoms with Gasteiger partial charge in [-0.05, 0) is 70.6 Å². The van der Waals surface area contributed by atoms with E-state index in [0.717, 1.165) is 17.5 Å². The van der Waals surface area contributed by atoms with Gasteiger partial charge in [0.15, 0.2) is 0 Å². The van der Waals surface area contributed by atoms with Crippen LogP contribution in [0.15, 0.2) is 24.4 Å². The molecule has 2 bridgehead atoms. The first-order valence-electron chi connectivity index (χ1n) is 10.7. The van der Waals surface area contributed by atoms with Crippen molar-refractivity contribution in [2.45, 2.75) is 89.9 Å². The standard InChI is InChI=1S/C26H32N.Ir/c1-24(2)21-12-11-18(13-22(21)25(3,4)26(24,5)6)23-14-19-16-7-9-17(10-8-16)20(19)15-27-23;/h12-17H,7-10H2,1-6H3;/q-1;. The van der Waals surface area contributed by atoms with Gasteiger partial charge < -0.3 is 4.98 Å². The zero-order valence-corrected chi connectivity index (χ0v) is 20.5. The van der Waals surface area contributed by atoms with E-state index in [1.165, 1.54) is 47.9 Å². The molecule has 1 aromatic carbocycles. The third kappa shape index (κ3) is 2.43. The van der Waals surface area contributed by atoms with Gasteiger partial charge in [0.1, 0.15) is 0 Å². The van der Waals surface area contributed by atoms with Crippen molar-refractivity contribution >= 4 is 0 Å². The smallest absolute Gasteiger partial charge is 0.0198 e. The van der Waals surface area contributed by atoms with E-state index in [1.807, 2.05) is 0 Å². The summed E-state index contributed by atoms with van der Waals surface area (Å²) in [5.74, 6) is 1.52. The van der Waals surface area contributed by atoms with Crippen molar-refractivity contribution in [2.75, 3.05) is 0 Å². The maximum Gasteiger partial charge on any atom is 0.0198 e. The van der Waals surface area contributed by atoms with E-state index in [-0.39, 0.29) is 36.4 Å². The van der Waals surface area contributed by atoms with Crippen molar-refractivity contribution in [3.63, 3.8) is 0 Å². The van der Waals surface area contributed by atoms with Crippen molar-refractivity contribution in [1.29, 1.82) is 0 Å². The number of pyridine rings is 1. The first-order valence-corrected chi connectivity index (χ1v) is 10.7. The van der Waals surface area contributed by atoms with Gasteiger partial charge in [0.2, 0.25) is 0 Å². The molecule has 151 valence electrons. The molecule has 4 aliphatic rings. The first kappa shape index (κ1) is 20.3. The van der Waals surface area contributed by atoms with Crippen LogP contribution in [0.4, 0.5) is 0 Å². The SMILES string of the molecule is CC1(C)c2c[c-]c(-c3cc4c(cn3)C3CCC4CC3)cc2C(C)(C)C1(C)C.[Ir]. The van der Waals surface area contributed by atoms with E-state index in [9.17, 15) is 0 Å². The third-order valence-corrected chi connectivity index (χ3v) is 9.27. The molecule has 2 aromatic rings. The molecule has 0 unspecified atom stereocenters. The molecule has 0 atom stereocenters. The summed E-state index contributed by atoms with van der Waals surface area (Å²) in [5.41, 5.74) is 8.79. The number of hydrogen-bond acceptors (Lipinski definition) is 1. The van der Waals surface area contributed by atoms with Crippen molar-refractivity contribution in [3.05, 3.63) is 52.7 Å². The van der Waals surface area contributed by atoms with Crippen molar-refractivity contribution in [3.8, 4) is 11.3 Å². The van der Waals surface area contributed by atoms with Gasteiger partial charge in [-0.25, -0.2) is 0 Å². The predicted molar refractivity (Wildman–Crippen MR) is 112 cm³/mol. The average molecular weight is 551 g/mol. The summed E-state index contributed by atoms with van der Waals surface area (Å²) in [7, 11) is 0. The van der Waals surface area contributed by atoms with Gasteiger partial charge in [-0.3, -0.25) is 0 Å². The largest absolute Gasteiger partial charge is 0.304 e. The van der Waals surface area contributed by atoms with E-state index in [0.29, 0.717) is 0 Å². The maximum atomic E-state index is 4.90. The minimum Gasteiger partial charge on any atom is -0.304 e. The Hall–Kier alpha value is -0.981. The fourth-order valence-electron chi connectivity index (χ4n) is 6.17. The number of fused-ring (bicyclic) bond motifs is 3. The average Bonchev–Trinajstić information content (AvgIpc) is 2.77. The van der Waals surface area contributed by atoms with Gasteiger partial charge >= 0.3 is 0 Å². The first-order chi connectivity index (χ1) is 12.6. The Kier molecular flexibility index (Phi) is 4.54. The van der Waals surface area contributed by atoms with Crippen molar-refractivity contribution in [2.24, 2.45) is 5.41 Å². The fraction of sp³-hybridized carbons (Fsp3) is 0.577. The Morgan fingerprint density at radius 2 is 1.39 bits per heavy atom. The molecule has 1 saturated carbocycles. The quantitative estimate of drug-likeness (QED) is 0.352. The molecule has 28 heavy (non-hydrogen) atoms. The number of aromatic nitrogens is 1. The van der Waals surface area contributed by atoms with E-state index >= 15 is 0 Å². The van der Waals surface area contributed by atoms with Crippen LogP contribution in [0.3, 0.4) is 0 Å². The Morgan fingerprint density at radius 3 is 2.04 bits per heavy atom. The summed E-state index contributed by atoms with van der Waals surface area (Å²) in [6.07, 6.45) is 7.64. The number of nitrogens with zero attached hydrogens (tertiary/aromatic N) is 1. The van der Waals surface area contributed by atoms with Crippen LogP contribution in [0.5, 0.6) is 0 Å². The molecule has 4 aliphatic carbocycles. The van der Waals surface area contributed by atoms with Crippen LogP contribution in [-0.4, -0.2) is 4.98 Å². The van der Waals surface area contributed by atoms with Crippen LogP contribution in [0.2, 0.25) is 0 Å². The van der Waals surface area contributed by atoms with Crippen LogP contribution in [0.25, 0.3) is 11.3 Å². The van der Waals surface area contributed by atoms with Gasteiger partial charge in [0.25, 0.3) is 0 Å². The van der Waals surface area contributed by atoms with Gasteiger partial charge in [-0.15, -0.1) is 34.9 Å². The van der Waals surface area contributed by atoms with Crippen LogP contribution in [0, 0.1) is 11.5 Å². The molecule has 1 radical (unpaired) electrons. The number of rotatable bonds is 1. The van der Waals surface area contributed by atoms with Crippen LogP contribution >= 0.6 is 0 Å². The van der Waals surface area contributed by atoms with Crippen LogP contribution in [0.1, 0.15) is 101 Å². The summed E-state index contributed by atoms with van der Waals surface area (Å²) in [5, 5.41) is 0. The van der Waals surface area contributed by atoms with Gasteiger partial charge in [-0.1, -0.05) is 47.6 Å². The monoisotopic (exact) mass is 551 g/mol. The number of benzene rings is 1. The van der Waals surface area contributed by atoms with E-state index < -0.39 is 0 Å². The fourth-order valence-corrected chi connectivity index (χ4v) is 6.17. The Labute approximate surface area is 184 Å². The Bertz CT molecular complexity index is 929. The van der Waals surface area contributed by atoms with E-state index in [2.05, 4.69) is 72.0 Å². The van der Waals surface area contributed by atoms with Crippen molar-refractivity contribution in [1.82, 2.24) is 4.98 Å². The molecule has 0 spiro atoms. The van der Waals surface area contributed by atoms with Crippen LogP contribution < -0.4 is 0 Å². The second-order valence-electron chi connectivity index (χ2n) is 10.8. The second-order valence-corrected chi connectivity index (χ2v) is 10.8. The number of hydrogen-bond donors (Lipinski definition) is 0. The van der Waals surface area contributed by atoms with Crippen LogP contribution in [-0.2, 0) is 30.9 Å². The molecule has 1 nitrogen and oxygen atoms in total. The minimum atomic E-state index is 0. The van der Waals surface area contributed by atoms with Gasteiger partial charge in [0, 0.05) is 26.3 Å². The Balaban J connectivity index is 0.00000192. The zero-order chi connectivity index (χ0) is 19.2. The summed E-state index contributed by atoms with van der Waals surface area (Å²) < 4.78 is 0. The molecule has 1 fully saturated rings. The molecule has 0 amide bonds. The summed E-state index contributed by atoms with van der Waals surface area (Å²) in [4.78, 5) is 4.90. The van der Waals surface area contributed by atoms with Gasteiger partial charge in [-0.2, -0.15) is 0 Å². The molecule has 0 saturated heterocycles. The van der Waals surface area contributed by atoms with E-state index in [1.54, 1.807) is 5.56 Å². The summed E-state index contributed by atoms with van der Waals surface area (Å²) >= 11 is 0. The van der Waals surface area contributed by atoms with Gasteiger partial charge in [0.05, 0.1) is 0 Å². The molecular formula is C26H32IrN-. The second kappa shape index (κ2) is 6.26. The van der Waals surface area contributed by atoms with E-state index in [4.69, 9.17) is 4.98 Å². The minimum absolute atomic E-state index is 0. The zero-order valence-electron chi connectivity index (χ0n) is 18.1. The predicted octanol–water partition coefficient (Wildman–Crippen LogP) is 6.90. The maximum absolute atomic E-state index is 4.90. The topological polar surface area (TPSA) is 12.9 Å². The molecule has 1 heterocycles. The molecule has 0 aliphatic heterocycles. The normalized spacial score (nSPS) is 27.6. The summed E-state index contributed by atoms with van der Waals surface area (Å²) in [6.45, 7) is 14.4. The molecule has 1 aromatic heterocycles.